The monoisotopic (exact) mass is 366 g/mol. The number of nitrogens with zero attached hydrogens (tertiary/aromatic N) is 1. The van der Waals surface area contributed by atoms with Gasteiger partial charge in [-0.25, -0.2) is 0 Å². The van der Waals surface area contributed by atoms with Crippen LogP contribution in [0.25, 0.3) is 11.3 Å². The minimum Gasteiger partial charge on any atom is -0.360 e. The van der Waals surface area contributed by atoms with E-state index in [-0.39, 0.29) is 5.92 Å². The molecule has 2 atom stereocenters. The van der Waals surface area contributed by atoms with Crippen LogP contribution in [0.5, 0.6) is 0 Å². The van der Waals surface area contributed by atoms with Gasteiger partial charge in [-0.15, -0.1) is 0 Å². The van der Waals surface area contributed by atoms with Crippen molar-refractivity contribution in [3.8, 4) is 11.3 Å². The third-order valence-electron chi connectivity index (χ3n) is 4.77. The molecule has 1 fully saturated rings. The summed E-state index contributed by atoms with van der Waals surface area (Å²) in [4.78, 5) is 0. The van der Waals surface area contributed by atoms with Crippen LogP contribution in [0.4, 0.5) is 0 Å². The first kappa shape index (κ1) is 17.8. The molecule has 24 heavy (non-hydrogen) atoms. The molecule has 1 unspecified atom stereocenters. The van der Waals surface area contributed by atoms with Gasteiger partial charge in [0.1, 0.15) is 11.5 Å². The molecule has 1 aromatic heterocycles. The van der Waals surface area contributed by atoms with E-state index in [1.165, 1.54) is 18.4 Å². The zero-order valence-corrected chi connectivity index (χ0v) is 15.9. The van der Waals surface area contributed by atoms with Crippen molar-refractivity contribution in [3.63, 3.8) is 0 Å². The highest BCUT2D eigenvalue weighted by molar-refractivity contribution is 6.39. The Bertz CT molecular complexity index is 691. The van der Waals surface area contributed by atoms with E-state index in [0.29, 0.717) is 22.0 Å². The van der Waals surface area contributed by atoms with Crippen LogP contribution in [-0.4, -0.2) is 17.7 Å². The van der Waals surface area contributed by atoms with Crippen LogP contribution < -0.4 is 5.32 Å². The maximum Gasteiger partial charge on any atom is 0.143 e. The fourth-order valence-electron chi connectivity index (χ4n) is 3.60. The molecule has 0 spiro atoms. The Morgan fingerprint density at radius 1 is 1.29 bits per heavy atom. The third kappa shape index (κ3) is 3.63. The van der Waals surface area contributed by atoms with Crippen molar-refractivity contribution in [3.05, 3.63) is 39.6 Å². The minimum atomic E-state index is 0.279. The van der Waals surface area contributed by atoms with Crippen molar-refractivity contribution in [1.29, 1.82) is 0 Å². The van der Waals surface area contributed by atoms with Crippen molar-refractivity contribution in [2.75, 3.05) is 6.54 Å². The first-order valence-electron chi connectivity index (χ1n) is 8.63. The molecular weight excluding hydrogens is 343 g/mol. The number of aromatic nitrogens is 1. The molecule has 0 saturated carbocycles. The maximum absolute atomic E-state index is 6.41. The summed E-state index contributed by atoms with van der Waals surface area (Å²) in [7, 11) is 0. The summed E-state index contributed by atoms with van der Waals surface area (Å²) in [6, 6.07) is 6.11. The average Bonchev–Trinajstić information content (AvgIpc) is 2.91. The van der Waals surface area contributed by atoms with E-state index >= 15 is 0 Å². The van der Waals surface area contributed by atoms with Crippen LogP contribution >= 0.6 is 23.2 Å². The molecule has 1 saturated heterocycles. The summed E-state index contributed by atoms with van der Waals surface area (Å²) in [6.45, 7) is 7.57. The van der Waals surface area contributed by atoms with Crippen LogP contribution in [0.1, 0.15) is 50.9 Å². The van der Waals surface area contributed by atoms with Gasteiger partial charge in [0.05, 0.1) is 10.0 Å². The van der Waals surface area contributed by atoms with E-state index in [2.05, 4.69) is 31.2 Å². The number of hydrogen-bond acceptors (Lipinski definition) is 3. The SMILES string of the molecule is CC(C)c1onc(-c2c(Cl)cccc2Cl)c1CC1CCN[C@H](C)C1. The lowest BCUT2D eigenvalue weighted by Crippen LogP contribution is -2.36. The number of piperidine rings is 1. The van der Waals surface area contributed by atoms with Crippen molar-refractivity contribution in [2.24, 2.45) is 5.92 Å². The van der Waals surface area contributed by atoms with E-state index in [9.17, 15) is 0 Å². The van der Waals surface area contributed by atoms with Crippen LogP contribution in [0.2, 0.25) is 10.0 Å². The number of hydrogen-bond donors (Lipinski definition) is 1. The Hall–Kier alpha value is -1.03. The van der Waals surface area contributed by atoms with E-state index in [1.54, 1.807) is 0 Å². The molecule has 1 aliphatic rings. The van der Waals surface area contributed by atoms with Crippen molar-refractivity contribution in [2.45, 2.75) is 52.0 Å². The van der Waals surface area contributed by atoms with Gasteiger partial charge in [0.15, 0.2) is 0 Å². The predicted octanol–water partition coefficient (Wildman–Crippen LogP) is 5.70. The fraction of sp³-hybridized carbons (Fsp3) is 0.526. The molecule has 2 aromatic rings. The average molecular weight is 367 g/mol. The molecule has 1 N–H and O–H groups in total. The molecule has 1 aliphatic heterocycles. The second kappa shape index (κ2) is 7.47. The van der Waals surface area contributed by atoms with Crippen LogP contribution in [0.3, 0.4) is 0 Å². The first-order valence-corrected chi connectivity index (χ1v) is 9.39. The normalized spacial score (nSPS) is 21.4. The Balaban J connectivity index is 2.01. The maximum atomic E-state index is 6.41. The molecule has 130 valence electrons. The van der Waals surface area contributed by atoms with Crippen molar-refractivity contribution < 1.29 is 4.52 Å². The zero-order valence-electron chi connectivity index (χ0n) is 14.4. The van der Waals surface area contributed by atoms with Crippen LogP contribution in [0, 0.1) is 5.92 Å². The smallest absolute Gasteiger partial charge is 0.143 e. The quantitative estimate of drug-likeness (QED) is 0.753. The van der Waals surface area contributed by atoms with E-state index in [1.807, 2.05) is 18.2 Å². The third-order valence-corrected chi connectivity index (χ3v) is 5.40. The fourth-order valence-corrected chi connectivity index (χ4v) is 4.18. The Labute approximate surface area is 153 Å². The highest BCUT2D eigenvalue weighted by atomic mass is 35.5. The molecule has 0 radical (unpaired) electrons. The Kier molecular flexibility index (Phi) is 5.53. The van der Waals surface area contributed by atoms with Gasteiger partial charge in [0.25, 0.3) is 0 Å². The lowest BCUT2D eigenvalue weighted by Gasteiger charge is -2.28. The molecule has 1 aromatic carbocycles. The standard InChI is InChI=1S/C19H24Cl2N2O/c1-11(2)19-14(10-13-7-8-22-12(3)9-13)18(23-24-19)17-15(20)5-4-6-16(17)21/h4-6,11-13,22H,7-10H2,1-3H3/t12-,13?/m1/s1. The van der Waals surface area contributed by atoms with Crippen molar-refractivity contribution in [1.82, 2.24) is 10.5 Å². The molecule has 2 heterocycles. The second-order valence-electron chi connectivity index (χ2n) is 7.08. The largest absolute Gasteiger partial charge is 0.360 e. The summed E-state index contributed by atoms with van der Waals surface area (Å²) < 4.78 is 5.71. The summed E-state index contributed by atoms with van der Waals surface area (Å²) in [5.74, 6) is 1.85. The molecule has 3 rings (SSSR count). The summed E-state index contributed by atoms with van der Waals surface area (Å²) in [5.41, 5.74) is 2.76. The number of rotatable bonds is 4. The van der Waals surface area contributed by atoms with Crippen LogP contribution in [-0.2, 0) is 6.42 Å². The number of benzene rings is 1. The summed E-state index contributed by atoms with van der Waals surface area (Å²) in [6.07, 6.45) is 3.29. The summed E-state index contributed by atoms with van der Waals surface area (Å²) in [5, 5.41) is 9.10. The highest BCUT2D eigenvalue weighted by Crippen LogP contribution is 2.40. The van der Waals surface area contributed by atoms with Gasteiger partial charge in [0, 0.05) is 23.1 Å². The molecule has 0 aliphatic carbocycles. The predicted molar refractivity (Wildman–Crippen MR) is 99.9 cm³/mol. The molecule has 3 nitrogen and oxygen atoms in total. The molecular formula is C19H24Cl2N2O. The minimum absolute atomic E-state index is 0.279. The Morgan fingerprint density at radius 3 is 2.62 bits per heavy atom. The Morgan fingerprint density at radius 2 is 2.00 bits per heavy atom. The van der Waals surface area contributed by atoms with E-state index in [0.717, 1.165) is 30.0 Å². The van der Waals surface area contributed by atoms with Crippen molar-refractivity contribution >= 4 is 23.2 Å². The lowest BCUT2D eigenvalue weighted by molar-refractivity contribution is 0.310. The molecule has 5 heteroatoms. The number of nitrogens with one attached hydrogen (secondary N) is 1. The lowest BCUT2D eigenvalue weighted by atomic mass is 9.85. The van der Waals surface area contributed by atoms with E-state index < -0.39 is 0 Å². The van der Waals surface area contributed by atoms with Gasteiger partial charge in [-0.1, -0.05) is 48.3 Å². The second-order valence-corrected chi connectivity index (χ2v) is 7.89. The van der Waals surface area contributed by atoms with Gasteiger partial charge in [-0.2, -0.15) is 0 Å². The topological polar surface area (TPSA) is 38.1 Å². The highest BCUT2D eigenvalue weighted by Gasteiger charge is 2.27. The van der Waals surface area contributed by atoms with Gasteiger partial charge >= 0.3 is 0 Å². The summed E-state index contributed by atoms with van der Waals surface area (Å²) >= 11 is 12.8. The van der Waals surface area contributed by atoms with Crippen LogP contribution in [0.15, 0.2) is 22.7 Å². The van der Waals surface area contributed by atoms with E-state index in [4.69, 9.17) is 27.7 Å². The van der Waals surface area contributed by atoms with Gasteiger partial charge in [-0.05, 0) is 50.8 Å². The molecule has 0 amide bonds. The zero-order chi connectivity index (χ0) is 17.3. The van der Waals surface area contributed by atoms with Gasteiger partial charge < -0.3 is 9.84 Å². The van der Waals surface area contributed by atoms with Gasteiger partial charge in [0.2, 0.25) is 0 Å². The van der Waals surface area contributed by atoms with Gasteiger partial charge in [-0.3, -0.25) is 0 Å². The first-order chi connectivity index (χ1) is 11.5. The molecule has 0 bridgehead atoms. The number of halogens is 2.